The second kappa shape index (κ2) is 4.57. The summed E-state index contributed by atoms with van der Waals surface area (Å²) < 4.78 is 3.01. The summed E-state index contributed by atoms with van der Waals surface area (Å²) in [6.07, 6.45) is 2.68. The molecule has 90 valence electrons. The first-order chi connectivity index (χ1) is 8.13. The highest BCUT2D eigenvalue weighted by Crippen LogP contribution is 2.15. The highest BCUT2D eigenvalue weighted by molar-refractivity contribution is 5.36. The third-order valence-electron chi connectivity index (χ3n) is 2.70. The molecule has 5 nitrogen and oxygen atoms in total. The molecular weight excluding hydrogens is 218 g/mol. The zero-order chi connectivity index (χ0) is 12.4. The van der Waals surface area contributed by atoms with Crippen LogP contribution in [0, 0.1) is 0 Å². The first-order valence-corrected chi connectivity index (χ1v) is 5.36. The number of rotatable bonds is 3. The molecule has 1 heterocycles. The quantitative estimate of drug-likeness (QED) is 0.793. The Morgan fingerprint density at radius 2 is 2.18 bits per heavy atom. The Labute approximate surface area is 98.7 Å². The van der Waals surface area contributed by atoms with Gasteiger partial charge in [-0.1, -0.05) is 12.1 Å². The maximum atomic E-state index is 11.8. The van der Waals surface area contributed by atoms with E-state index in [1.807, 2.05) is 6.07 Å². The van der Waals surface area contributed by atoms with E-state index >= 15 is 0 Å². The molecule has 2 rings (SSSR count). The van der Waals surface area contributed by atoms with Gasteiger partial charge in [0.05, 0.1) is 11.8 Å². The van der Waals surface area contributed by atoms with Gasteiger partial charge >= 0.3 is 5.69 Å². The van der Waals surface area contributed by atoms with Crippen molar-refractivity contribution in [2.75, 3.05) is 6.54 Å². The third kappa shape index (κ3) is 2.15. The van der Waals surface area contributed by atoms with Crippen molar-refractivity contribution in [2.45, 2.75) is 6.10 Å². The summed E-state index contributed by atoms with van der Waals surface area (Å²) in [5.41, 5.74) is 6.72. The molecule has 0 aliphatic carbocycles. The van der Waals surface area contributed by atoms with Crippen molar-refractivity contribution < 1.29 is 5.11 Å². The molecule has 1 atom stereocenters. The summed E-state index contributed by atoms with van der Waals surface area (Å²) in [4.78, 5) is 11.8. The van der Waals surface area contributed by atoms with Crippen molar-refractivity contribution in [1.29, 1.82) is 0 Å². The van der Waals surface area contributed by atoms with Crippen LogP contribution in [0.15, 0.2) is 41.5 Å². The minimum Gasteiger partial charge on any atom is -0.387 e. The van der Waals surface area contributed by atoms with Gasteiger partial charge in [-0.2, -0.15) is 0 Å². The van der Waals surface area contributed by atoms with Crippen molar-refractivity contribution in [3.8, 4) is 5.69 Å². The van der Waals surface area contributed by atoms with Crippen LogP contribution in [0.3, 0.4) is 0 Å². The van der Waals surface area contributed by atoms with Gasteiger partial charge in [0, 0.05) is 26.0 Å². The molecule has 2 aromatic rings. The van der Waals surface area contributed by atoms with Crippen LogP contribution in [0.2, 0.25) is 0 Å². The van der Waals surface area contributed by atoms with E-state index < -0.39 is 6.10 Å². The van der Waals surface area contributed by atoms with Gasteiger partial charge in [0.15, 0.2) is 0 Å². The van der Waals surface area contributed by atoms with E-state index in [9.17, 15) is 9.90 Å². The summed E-state index contributed by atoms with van der Waals surface area (Å²) in [6, 6.07) is 7.16. The van der Waals surface area contributed by atoms with Crippen molar-refractivity contribution in [1.82, 2.24) is 9.13 Å². The molecule has 0 bridgehead atoms. The van der Waals surface area contributed by atoms with Crippen LogP contribution in [0.5, 0.6) is 0 Å². The smallest absolute Gasteiger partial charge is 0.332 e. The minimum absolute atomic E-state index is 0.121. The van der Waals surface area contributed by atoms with Crippen molar-refractivity contribution in [3.05, 3.63) is 52.7 Å². The van der Waals surface area contributed by atoms with Crippen molar-refractivity contribution in [3.63, 3.8) is 0 Å². The molecule has 3 N–H and O–H groups in total. The van der Waals surface area contributed by atoms with Crippen LogP contribution in [0.25, 0.3) is 5.69 Å². The molecule has 5 heteroatoms. The van der Waals surface area contributed by atoms with E-state index in [1.165, 1.54) is 9.13 Å². The maximum Gasteiger partial charge on any atom is 0.332 e. The average Bonchev–Trinajstić information content (AvgIpc) is 2.69. The zero-order valence-corrected chi connectivity index (χ0v) is 9.58. The third-order valence-corrected chi connectivity index (χ3v) is 2.70. The second-order valence-electron chi connectivity index (χ2n) is 3.91. The molecule has 0 fully saturated rings. The molecule has 17 heavy (non-hydrogen) atoms. The van der Waals surface area contributed by atoms with E-state index in [4.69, 9.17) is 5.73 Å². The van der Waals surface area contributed by atoms with Crippen molar-refractivity contribution >= 4 is 0 Å². The lowest BCUT2D eigenvalue weighted by Gasteiger charge is -2.09. The molecule has 0 radical (unpaired) electrons. The number of aliphatic hydroxyl groups excluding tert-OH is 1. The molecule has 1 aromatic carbocycles. The molecule has 0 saturated carbocycles. The highest BCUT2D eigenvalue weighted by atomic mass is 16.3. The number of benzene rings is 1. The topological polar surface area (TPSA) is 73.2 Å². The number of hydrogen-bond acceptors (Lipinski definition) is 3. The Morgan fingerprint density at radius 3 is 2.76 bits per heavy atom. The fourth-order valence-electron chi connectivity index (χ4n) is 1.68. The first-order valence-electron chi connectivity index (χ1n) is 5.36. The summed E-state index contributed by atoms with van der Waals surface area (Å²) in [7, 11) is 1.69. The second-order valence-corrected chi connectivity index (χ2v) is 3.91. The Morgan fingerprint density at radius 1 is 1.41 bits per heavy atom. The number of hydrogen-bond donors (Lipinski definition) is 2. The van der Waals surface area contributed by atoms with Crippen LogP contribution >= 0.6 is 0 Å². The predicted molar refractivity (Wildman–Crippen MR) is 65.0 cm³/mol. The molecule has 0 spiro atoms. The van der Waals surface area contributed by atoms with Crippen molar-refractivity contribution in [2.24, 2.45) is 12.8 Å². The minimum atomic E-state index is -0.700. The molecule has 0 aliphatic heterocycles. The molecular formula is C12H15N3O2. The van der Waals surface area contributed by atoms with Crippen LogP contribution in [-0.2, 0) is 7.05 Å². The van der Waals surface area contributed by atoms with Gasteiger partial charge in [-0.15, -0.1) is 0 Å². The molecule has 0 saturated heterocycles. The van der Waals surface area contributed by atoms with E-state index in [2.05, 4.69) is 0 Å². The Hall–Kier alpha value is -1.85. The number of aromatic nitrogens is 2. The normalized spacial score (nSPS) is 12.6. The van der Waals surface area contributed by atoms with Crippen LogP contribution in [0.4, 0.5) is 0 Å². The summed E-state index contributed by atoms with van der Waals surface area (Å²) in [5, 5.41) is 9.66. The highest BCUT2D eigenvalue weighted by Gasteiger charge is 2.08. The fourth-order valence-corrected chi connectivity index (χ4v) is 1.68. The average molecular weight is 233 g/mol. The molecule has 1 aromatic heterocycles. The number of imidazole rings is 1. The summed E-state index contributed by atoms with van der Waals surface area (Å²) >= 11 is 0. The van der Waals surface area contributed by atoms with Gasteiger partial charge in [-0.3, -0.25) is 4.57 Å². The largest absolute Gasteiger partial charge is 0.387 e. The van der Waals surface area contributed by atoms with Crippen LogP contribution < -0.4 is 11.4 Å². The molecule has 0 aliphatic rings. The number of nitrogens with zero attached hydrogens (tertiary/aromatic N) is 2. The lowest BCUT2D eigenvalue weighted by molar-refractivity contribution is 0.186. The Kier molecular flexibility index (Phi) is 3.12. The number of aryl methyl sites for hydroxylation is 1. The lowest BCUT2D eigenvalue weighted by Crippen LogP contribution is -2.20. The first kappa shape index (κ1) is 11.6. The van der Waals surface area contributed by atoms with E-state index in [0.29, 0.717) is 5.56 Å². The fraction of sp³-hybridized carbons (Fsp3) is 0.250. The van der Waals surface area contributed by atoms with Gasteiger partial charge in [0.25, 0.3) is 0 Å². The van der Waals surface area contributed by atoms with E-state index in [0.717, 1.165) is 5.69 Å². The monoisotopic (exact) mass is 233 g/mol. The molecule has 0 amide bonds. The summed E-state index contributed by atoms with van der Waals surface area (Å²) in [5.74, 6) is 0. The number of nitrogens with two attached hydrogens (primary N) is 1. The van der Waals surface area contributed by atoms with E-state index in [1.54, 1.807) is 37.6 Å². The molecule has 1 unspecified atom stereocenters. The van der Waals surface area contributed by atoms with E-state index in [-0.39, 0.29) is 12.2 Å². The van der Waals surface area contributed by atoms with Gasteiger partial charge in [-0.05, 0) is 17.7 Å². The number of aliphatic hydroxyl groups is 1. The predicted octanol–water partition coefficient (Wildman–Crippen LogP) is 0.168. The van der Waals surface area contributed by atoms with Gasteiger partial charge in [-0.25, -0.2) is 4.79 Å². The van der Waals surface area contributed by atoms with Crippen LogP contribution in [0.1, 0.15) is 11.7 Å². The van der Waals surface area contributed by atoms with Gasteiger partial charge < -0.3 is 15.4 Å². The van der Waals surface area contributed by atoms with Crippen LogP contribution in [-0.4, -0.2) is 20.8 Å². The SMILES string of the molecule is Cn1ccn(-c2cccc(C(O)CN)c2)c1=O. The van der Waals surface area contributed by atoms with Gasteiger partial charge in [0.2, 0.25) is 0 Å². The standard InChI is InChI=1S/C12H15N3O2/c1-14-5-6-15(12(14)17)10-4-2-3-9(7-10)11(16)8-13/h2-7,11,16H,8,13H2,1H3. The zero-order valence-electron chi connectivity index (χ0n) is 9.58. The Bertz CT molecular complexity index is 571. The van der Waals surface area contributed by atoms with Gasteiger partial charge in [0.1, 0.15) is 0 Å². The maximum absolute atomic E-state index is 11.8. The summed E-state index contributed by atoms with van der Waals surface area (Å²) in [6.45, 7) is 0.160. The lowest BCUT2D eigenvalue weighted by atomic mass is 10.1. The Balaban J connectivity index is 2.47.